The summed E-state index contributed by atoms with van der Waals surface area (Å²) in [4.78, 5) is 47.2. The maximum atomic E-state index is 14.5. The summed E-state index contributed by atoms with van der Waals surface area (Å²) >= 11 is 0. The molecular formula is C90H102F12O20. The lowest BCUT2D eigenvalue weighted by molar-refractivity contribution is -0.293. The molecule has 666 valence electrons. The van der Waals surface area contributed by atoms with Gasteiger partial charge in [-0.2, -0.15) is 52.7 Å². The van der Waals surface area contributed by atoms with Crippen LogP contribution in [0.5, 0.6) is 17.2 Å². The van der Waals surface area contributed by atoms with Gasteiger partial charge in [0, 0.05) is 19.8 Å². The molecule has 122 heavy (non-hydrogen) atoms. The first-order valence-electron chi connectivity index (χ1n) is 38.4. The van der Waals surface area contributed by atoms with E-state index < -0.39 is 97.4 Å². The van der Waals surface area contributed by atoms with Crippen molar-refractivity contribution < 1.29 is 148 Å². The molecule has 6 atom stereocenters. The molecule has 0 spiro atoms. The number of methoxy groups -OCH3 is 3. The first-order valence-corrected chi connectivity index (χ1v) is 38.4. The third kappa shape index (κ3) is 36.3. The smallest absolute Gasteiger partial charge is 0.430 e. The molecule has 20 nitrogen and oxygen atoms in total. The Morgan fingerprint density at radius 3 is 1.03 bits per heavy atom. The topological polar surface area (TPSA) is 241 Å². The minimum absolute atomic E-state index is 0.0191. The summed E-state index contributed by atoms with van der Waals surface area (Å²) < 4.78 is 228. The molecule has 1 saturated heterocycles. The van der Waals surface area contributed by atoms with Crippen LogP contribution in [0.3, 0.4) is 0 Å². The van der Waals surface area contributed by atoms with E-state index in [9.17, 15) is 77.0 Å². The molecule has 8 aromatic carbocycles. The van der Waals surface area contributed by atoms with Gasteiger partial charge in [0.25, 0.3) is 16.8 Å². The monoisotopic (exact) mass is 1730 g/mol. The second-order valence-corrected chi connectivity index (χ2v) is 27.5. The highest BCUT2D eigenvalue weighted by atomic mass is 19.4. The number of rotatable bonds is 42. The Morgan fingerprint density at radius 2 is 0.721 bits per heavy atom. The molecule has 0 aliphatic carbocycles. The number of hydrogen-bond acceptors (Lipinski definition) is 20. The minimum atomic E-state index is -5.24. The number of alkyl halides is 12. The van der Waals surface area contributed by atoms with Crippen LogP contribution in [0.25, 0.3) is 0 Å². The van der Waals surface area contributed by atoms with E-state index in [0.29, 0.717) is 73.3 Å². The Balaban J connectivity index is 0.000000287. The van der Waals surface area contributed by atoms with Crippen molar-refractivity contribution in [2.75, 3.05) is 61.0 Å². The van der Waals surface area contributed by atoms with Crippen LogP contribution in [0.2, 0.25) is 0 Å². The molecule has 1 aliphatic rings. The summed E-state index contributed by atoms with van der Waals surface area (Å²) in [5, 5.41) is 18.7. The van der Waals surface area contributed by atoms with Crippen LogP contribution < -0.4 is 14.2 Å². The first-order chi connectivity index (χ1) is 58.0. The van der Waals surface area contributed by atoms with Crippen LogP contribution in [0.4, 0.5) is 52.7 Å². The van der Waals surface area contributed by atoms with Gasteiger partial charge < -0.3 is 76.5 Å². The van der Waals surface area contributed by atoms with Crippen molar-refractivity contribution >= 4 is 23.9 Å². The highest BCUT2D eigenvalue weighted by Gasteiger charge is 2.73. The van der Waals surface area contributed by atoms with Gasteiger partial charge in [-0.15, -0.1) is 0 Å². The van der Waals surface area contributed by atoms with Gasteiger partial charge in [0.05, 0.1) is 85.9 Å². The molecule has 3 unspecified atom stereocenters. The summed E-state index contributed by atoms with van der Waals surface area (Å²) in [6, 6.07) is 64.7. The fourth-order valence-electron chi connectivity index (χ4n) is 10.3. The molecule has 32 heteroatoms. The summed E-state index contributed by atoms with van der Waals surface area (Å²) in [5.41, 5.74) is -5.40. The van der Waals surface area contributed by atoms with E-state index in [1.54, 1.807) is 173 Å². The zero-order chi connectivity index (χ0) is 89.7. The molecule has 1 heterocycles. The van der Waals surface area contributed by atoms with Crippen molar-refractivity contribution in [1.82, 2.24) is 0 Å². The number of carbonyl (C=O) groups excluding carboxylic acids is 4. The van der Waals surface area contributed by atoms with E-state index in [2.05, 4.69) is 25.5 Å². The molecule has 1 fully saturated rings. The fraction of sp³-hybridized carbons (Fsp3) is 0.400. The second-order valence-electron chi connectivity index (χ2n) is 27.5. The van der Waals surface area contributed by atoms with E-state index in [1.807, 2.05) is 93.6 Å². The van der Waals surface area contributed by atoms with Crippen LogP contribution in [0, 0.1) is 0 Å². The van der Waals surface area contributed by atoms with Gasteiger partial charge in [0.2, 0.25) is 0 Å². The molecule has 0 saturated carbocycles. The Kier molecular flexibility index (Phi) is 43.7. The van der Waals surface area contributed by atoms with Gasteiger partial charge in [0.15, 0.2) is 0 Å². The minimum Gasteiger partial charge on any atom is -0.497 e. The van der Waals surface area contributed by atoms with E-state index in [1.165, 1.54) is 0 Å². The van der Waals surface area contributed by atoms with Crippen molar-refractivity contribution in [1.29, 1.82) is 0 Å². The molecule has 9 rings (SSSR count). The predicted molar refractivity (Wildman–Crippen MR) is 424 cm³/mol. The Morgan fingerprint density at radius 1 is 0.410 bits per heavy atom. The lowest BCUT2D eigenvalue weighted by Crippen LogP contribution is -2.58. The van der Waals surface area contributed by atoms with Crippen molar-refractivity contribution in [3.05, 3.63) is 281 Å². The standard InChI is InChI=1S/C31H35F3O6.C24H29F3O6.C13H20O3.C11H9F3O3.C11H9F3O2/c1-24(38-20-27-15-17-28(36-2)18-16-27)10-9-19-37-23-30(31(32,33)34,40-22-26-13-7-4-8-14-26)29(35)39-21-25-11-5-3-6-12-25;1-18(32-15-20-10-12-21(30-2)13-11-20)7-6-14-31-17-23(29,24(25,26)27)22(28)33-16-19-8-4-3-5-9-19;1-11(4-3-9-14)16-10-12-5-7-13(15-2)8-6-12;12-11(13,14)10(7-17-10)9(15)16-6-8-4-2-1-3-5-8;1-8(11(12,13)14)10(15)16-7-9-5-3-2-4-6-9/h3-8,11-18,24H,9-10,19-23H2,1-2H3;3-5,8-13,18,29H,6-7,14-17H2,1-2H3;5-8,11,14H,3-4,9-10H2,1-2H3;1-5H,6-7H2;2-6H,1,7H2/t24-,30?;18-,23?;11-;;/m000../s1. The van der Waals surface area contributed by atoms with Crippen molar-refractivity contribution in [2.24, 2.45) is 0 Å². The van der Waals surface area contributed by atoms with E-state index >= 15 is 0 Å². The number of aliphatic hydroxyl groups is 2. The first kappa shape index (κ1) is 102. The number of carbonyl (C=O) groups is 4. The lowest BCUT2D eigenvalue weighted by Gasteiger charge is -2.33. The van der Waals surface area contributed by atoms with Crippen LogP contribution in [-0.4, -0.2) is 155 Å². The van der Waals surface area contributed by atoms with Gasteiger partial charge in [-0.3, -0.25) is 0 Å². The van der Waals surface area contributed by atoms with E-state index in [0.717, 1.165) is 46.8 Å². The molecule has 2 N–H and O–H groups in total. The zero-order valence-electron chi connectivity index (χ0n) is 68.2. The number of aliphatic hydroxyl groups excluding tert-OH is 1. The number of halogens is 12. The molecule has 0 aromatic heterocycles. The van der Waals surface area contributed by atoms with Crippen molar-refractivity contribution in [3.63, 3.8) is 0 Å². The largest absolute Gasteiger partial charge is 0.497 e. The average Bonchev–Trinajstić information content (AvgIpc) is 1.58. The predicted octanol–water partition coefficient (Wildman–Crippen LogP) is 18.4. The maximum absolute atomic E-state index is 14.5. The van der Waals surface area contributed by atoms with Gasteiger partial charge in [-0.25, -0.2) is 19.2 Å². The summed E-state index contributed by atoms with van der Waals surface area (Å²) in [7, 11) is 4.83. The number of benzene rings is 8. The molecule has 0 bridgehead atoms. The average molecular weight is 1730 g/mol. The van der Waals surface area contributed by atoms with Gasteiger partial charge in [0.1, 0.15) is 49.2 Å². The number of esters is 4. The number of hydrogen-bond donors (Lipinski definition) is 2. The number of epoxide rings is 1. The molecule has 0 amide bonds. The van der Waals surface area contributed by atoms with Gasteiger partial charge >= 0.3 is 48.6 Å². The Hall–Kier alpha value is -10.4. The normalized spacial score (nSPS) is 14.7. The molecule has 0 radical (unpaired) electrons. The zero-order valence-corrected chi connectivity index (χ0v) is 68.2. The van der Waals surface area contributed by atoms with E-state index in [4.69, 9.17) is 52.5 Å². The van der Waals surface area contributed by atoms with Gasteiger partial charge in [-0.1, -0.05) is 195 Å². The van der Waals surface area contributed by atoms with Crippen LogP contribution >= 0.6 is 0 Å². The van der Waals surface area contributed by atoms with Crippen LogP contribution in [0.1, 0.15) is 104 Å². The summed E-state index contributed by atoms with van der Waals surface area (Å²) in [6.07, 6.45) is -16.3. The van der Waals surface area contributed by atoms with Crippen LogP contribution in [0.15, 0.2) is 237 Å². The second kappa shape index (κ2) is 52.1. The third-order valence-corrected chi connectivity index (χ3v) is 17.8. The van der Waals surface area contributed by atoms with Crippen LogP contribution in [-0.2, 0) is 124 Å². The van der Waals surface area contributed by atoms with Crippen molar-refractivity contribution in [2.45, 2.75) is 172 Å². The highest BCUT2D eigenvalue weighted by molar-refractivity contribution is 5.89. The van der Waals surface area contributed by atoms with Gasteiger partial charge in [-0.05, 0) is 140 Å². The molecule has 8 aromatic rings. The Bertz CT molecular complexity index is 4260. The summed E-state index contributed by atoms with van der Waals surface area (Å²) in [5.74, 6) is -3.82. The van der Waals surface area contributed by atoms with E-state index in [-0.39, 0.29) is 64.6 Å². The quantitative estimate of drug-likeness (QED) is 0.00902. The highest BCUT2D eigenvalue weighted by Crippen LogP contribution is 2.45. The third-order valence-electron chi connectivity index (χ3n) is 17.8. The maximum Gasteiger partial charge on any atom is 0.430 e. The molecule has 1 aliphatic heterocycles. The Labute approximate surface area is 700 Å². The SMILES string of the molecule is C=C(C(=O)OCc1ccccc1)C(F)(F)F.COc1ccc(CO[C@@H](C)CCCO)cc1.COc1ccc(CO[C@@H](C)CCCOCC(O)(C(=O)OCc2ccccc2)C(F)(F)F)cc1.COc1ccc(CO[C@@H](C)CCCOCC(OCc2ccccc2)(C(=O)OCc2ccccc2)C(F)(F)F)cc1.O=C(OCc1ccccc1)C1(C(F)(F)F)CO1. The number of ether oxygens (including phenoxy) is 14. The summed E-state index contributed by atoms with van der Waals surface area (Å²) in [6.45, 7) is 5.42. The fourth-order valence-corrected chi connectivity index (χ4v) is 10.3. The van der Waals surface area contributed by atoms with Crippen molar-refractivity contribution in [3.8, 4) is 17.2 Å². The molecular weight excluding hydrogens is 1630 g/mol. The lowest BCUT2D eigenvalue weighted by atomic mass is 10.0.